The molecule has 22 heavy (non-hydrogen) atoms. The molecule has 0 saturated carbocycles. The number of carboxylic acid groups (broad SMARTS) is 1. The van der Waals surface area contributed by atoms with E-state index in [2.05, 4.69) is 15.5 Å². The minimum Gasteiger partial charge on any atom is -0.478 e. The van der Waals surface area contributed by atoms with E-state index in [0.717, 1.165) is 11.3 Å². The van der Waals surface area contributed by atoms with E-state index in [4.69, 9.17) is 5.11 Å². The van der Waals surface area contributed by atoms with Crippen molar-refractivity contribution < 1.29 is 14.7 Å². The maximum atomic E-state index is 12.3. The number of aromatic carboxylic acids is 1. The van der Waals surface area contributed by atoms with Gasteiger partial charge >= 0.3 is 5.97 Å². The Morgan fingerprint density at radius 1 is 1.32 bits per heavy atom. The van der Waals surface area contributed by atoms with Gasteiger partial charge in [0.05, 0.1) is 23.5 Å². The van der Waals surface area contributed by atoms with Crippen LogP contribution in [0, 0.1) is 6.92 Å². The van der Waals surface area contributed by atoms with E-state index in [1.807, 2.05) is 27.1 Å². The maximum Gasteiger partial charge on any atom is 0.338 e. The van der Waals surface area contributed by atoms with Crippen LogP contribution in [0.3, 0.4) is 0 Å². The van der Waals surface area contributed by atoms with Crippen molar-refractivity contribution in [2.24, 2.45) is 7.05 Å². The molecular formula is C14H19N5O3. The van der Waals surface area contributed by atoms with E-state index in [-0.39, 0.29) is 17.5 Å². The number of carbonyl (C=O) groups excluding carboxylic acids is 1. The third kappa shape index (κ3) is 3.16. The predicted molar refractivity (Wildman–Crippen MR) is 78.4 cm³/mol. The third-order valence-corrected chi connectivity index (χ3v) is 3.50. The van der Waals surface area contributed by atoms with Gasteiger partial charge in [-0.3, -0.25) is 14.2 Å². The van der Waals surface area contributed by atoms with Crippen molar-refractivity contribution in [2.45, 2.75) is 32.9 Å². The summed E-state index contributed by atoms with van der Waals surface area (Å²) in [7, 11) is 1.82. The van der Waals surface area contributed by atoms with E-state index >= 15 is 0 Å². The van der Waals surface area contributed by atoms with Crippen LogP contribution in [0.15, 0.2) is 18.6 Å². The molecule has 2 unspecified atom stereocenters. The fourth-order valence-electron chi connectivity index (χ4n) is 2.24. The van der Waals surface area contributed by atoms with Crippen LogP contribution in [0.4, 0.5) is 0 Å². The van der Waals surface area contributed by atoms with Gasteiger partial charge in [0.15, 0.2) is 0 Å². The Hall–Kier alpha value is -2.64. The lowest BCUT2D eigenvalue weighted by Gasteiger charge is -2.17. The summed E-state index contributed by atoms with van der Waals surface area (Å²) in [6, 6.07) is -0.800. The van der Waals surface area contributed by atoms with E-state index in [1.165, 1.54) is 17.1 Å². The quantitative estimate of drug-likeness (QED) is 0.860. The lowest BCUT2D eigenvalue weighted by atomic mass is 10.1. The third-order valence-electron chi connectivity index (χ3n) is 3.50. The van der Waals surface area contributed by atoms with Crippen LogP contribution in [0.1, 0.15) is 47.5 Å². The van der Waals surface area contributed by atoms with E-state index < -0.39 is 12.0 Å². The molecule has 8 nitrogen and oxygen atoms in total. The highest BCUT2D eigenvalue weighted by Crippen LogP contribution is 2.17. The molecule has 0 aromatic carbocycles. The van der Waals surface area contributed by atoms with Crippen LogP contribution in [0.2, 0.25) is 0 Å². The number of nitrogens with zero attached hydrogens (tertiary/aromatic N) is 4. The highest BCUT2D eigenvalue weighted by atomic mass is 16.4. The van der Waals surface area contributed by atoms with E-state index in [9.17, 15) is 9.59 Å². The lowest BCUT2D eigenvalue weighted by molar-refractivity contribution is -0.124. The number of aryl methyl sites for hydroxylation is 2. The zero-order valence-electron chi connectivity index (χ0n) is 12.9. The molecule has 0 fully saturated rings. The SMILES string of the molecule is Cc1nn(C)cc1C(C)NC(=O)C(C)n1cc(C(=O)O)cn1. The molecule has 2 N–H and O–H groups in total. The Morgan fingerprint density at radius 3 is 2.50 bits per heavy atom. The topological polar surface area (TPSA) is 102 Å². The monoisotopic (exact) mass is 305 g/mol. The van der Waals surface area contributed by atoms with Crippen LogP contribution < -0.4 is 5.32 Å². The molecule has 118 valence electrons. The predicted octanol–water partition coefficient (Wildman–Crippen LogP) is 1.06. The molecule has 0 radical (unpaired) electrons. The van der Waals surface area contributed by atoms with Crippen LogP contribution in [0.25, 0.3) is 0 Å². The summed E-state index contributed by atoms with van der Waals surface area (Å²) in [5.74, 6) is -1.31. The summed E-state index contributed by atoms with van der Waals surface area (Å²) in [6.07, 6.45) is 4.43. The minimum absolute atomic E-state index is 0.0517. The van der Waals surface area contributed by atoms with Crippen molar-refractivity contribution in [3.63, 3.8) is 0 Å². The number of aromatic nitrogens is 4. The average Bonchev–Trinajstić information content (AvgIpc) is 3.04. The van der Waals surface area contributed by atoms with Crippen molar-refractivity contribution in [3.05, 3.63) is 35.4 Å². The molecule has 0 saturated heterocycles. The molecule has 0 bridgehead atoms. The van der Waals surface area contributed by atoms with Gasteiger partial charge in [0.2, 0.25) is 5.91 Å². The van der Waals surface area contributed by atoms with Crippen molar-refractivity contribution in [2.75, 3.05) is 0 Å². The molecule has 2 aromatic heterocycles. The van der Waals surface area contributed by atoms with Crippen molar-refractivity contribution >= 4 is 11.9 Å². The zero-order valence-corrected chi connectivity index (χ0v) is 12.9. The standard InChI is InChI=1S/C14H19N5O3/c1-8(12-7-18(4)17-9(12)2)16-13(20)10(3)19-6-11(5-15-19)14(21)22/h5-8,10H,1-4H3,(H,16,20)(H,21,22). The van der Waals surface area contributed by atoms with Gasteiger partial charge in [0.1, 0.15) is 6.04 Å². The lowest BCUT2D eigenvalue weighted by Crippen LogP contribution is -2.33. The molecule has 0 aliphatic carbocycles. The van der Waals surface area contributed by atoms with Gasteiger partial charge < -0.3 is 10.4 Å². The number of hydrogen-bond acceptors (Lipinski definition) is 4. The van der Waals surface area contributed by atoms with Crippen LogP contribution in [-0.4, -0.2) is 36.5 Å². The van der Waals surface area contributed by atoms with Crippen molar-refractivity contribution in [1.29, 1.82) is 0 Å². The Kier molecular flexibility index (Phi) is 4.30. The van der Waals surface area contributed by atoms with Gasteiger partial charge in [-0.25, -0.2) is 4.79 Å². The second-order valence-corrected chi connectivity index (χ2v) is 5.26. The minimum atomic E-state index is -1.07. The first kappa shape index (κ1) is 15.7. The number of amides is 1. The Bertz CT molecular complexity index is 703. The summed E-state index contributed by atoms with van der Waals surface area (Å²) >= 11 is 0. The van der Waals surface area contributed by atoms with Gasteiger partial charge in [-0.15, -0.1) is 0 Å². The first-order chi connectivity index (χ1) is 10.3. The van der Waals surface area contributed by atoms with E-state index in [1.54, 1.807) is 11.6 Å². The first-order valence-corrected chi connectivity index (χ1v) is 6.87. The second kappa shape index (κ2) is 6.00. The highest BCUT2D eigenvalue weighted by molar-refractivity contribution is 5.87. The van der Waals surface area contributed by atoms with Crippen LogP contribution >= 0.6 is 0 Å². The van der Waals surface area contributed by atoms with Crippen molar-refractivity contribution in [3.8, 4) is 0 Å². The molecule has 0 aliphatic heterocycles. The molecule has 2 atom stereocenters. The fourth-order valence-corrected chi connectivity index (χ4v) is 2.24. The second-order valence-electron chi connectivity index (χ2n) is 5.26. The molecule has 1 amide bonds. The molecule has 2 rings (SSSR count). The van der Waals surface area contributed by atoms with Crippen LogP contribution in [0.5, 0.6) is 0 Å². The summed E-state index contributed by atoms with van der Waals surface area (Å²) in [6.45, 7) is 5.42. The molecule has 2 heterocycles. The molecule has 0 spiro atoms. The molecule has 8 heteroatoms. The number of hydrogen-bond donors (Lipinski definition) is 2. The van der Waals surface area contributed by atoms with Gasteiger partial charge in [0.25, 0.3) is 0 Å². The summed E-state index contributed by atoms with van der Waals surface area (Å²) in [5, 5.41) is 19.9. The molecule has 2 aromatic rings. The van der Waals surface area contributed by atoms with Gasteiger partial charge in [0, 0.05) is 25.0 Å². The Morgan fingerprint density at radius 2 is 2.00 bits per heavy atom. The Balaban J connectivity index is 2.07. The molecular weight excluding hydrogens is 286 g/mol. The van der Waals surface area contributed by atoms with Crippen molar-refractivity contribution in [1.82, 2.24) is 24.9 Å². The normalized spacial score (nSPS) is 13.6. The smallest absolute Gasteiger partial charge is 0.338 e. The molecule has 0 aliphatic rings. The van der Waals surface area contributed by atoms with Gasteiger partial charge in [-0.2, -0.15) is 10.2 Å². The number of carbonyl (C=O) groups is 2. The Labute approximate surface area is 127 Å². The van der Waals surface area contributed by atoms with E-state index in [0.29, 0.717) is 0 Å². The van der Waals surface area contributed by atoms with Gasteiger partial charge in [-0.05, 0) is 20.8 Å². The number of nitrogens with one attached hydrogen (secondary N) is 1. The highest BCUT2D eigenvalue weighted by Gasteiger charge is 2.21. The first-order valence-electron chi connectivity index (χ1n) is 6.87. The van der Waals surface area contributed by atoms with Gasteiger partial charge in [-0.1, -0.05) is 0 Å². The maximum absolute atomic E-state index is 12.3. The summed E-state index contributed by atoms with van der Waals surface area (Å²) in [5.41, 5.74) is 1.85. The largest absolute Gasteiger partial charge is 0.478 e. The summed E-state index contributed by atoms with van der Waals surface area (Å²) < 4.78 is 3.03. The zero-order chi connectivity index (χ0) is 16.4. The fraction of sp³-hybridized carbons (Fsp3) is 0.429. The van der Waals surface area contributed by atoms with Crippen LogP contribution in [-0.2, 0) is 11.8 Å². The number of rotatable bonds is 5. The average molecular weight is 305 g/mol. The number of carboxylic acids is 1. The summed E-state index contributed by atoms with van der Waals surface area (Å²) in [4.78, 5) is 23.1.